The second-order valence-corrected chi connectivity index (χ2v) is 12.4. The Hall–Kier alpha value is -6.00. The van der Waals surface area contributed by atoms with Gasteiger partial charge in [0.2, 0.25) is 0 Å². The van der Waals surface area contributed by atoms with E-state index in [1.807, 2.05) is 97.1 Å². The van der Waals surface area contributed by atoms with Crippen LogP contribution in [0.3, 0.4) is 0 Å². The summed E-state index contributed by atoms with van der Waals surface area (Å²) >= 11 is 0. The minimum absolute atomic E-state index is 0.0710. The number of fused-ring (bicyclic) bond motifs is 2. The van der Waals surface area contributed by atoms with Crippen molar-refractivity contribution in [1.82, 2.24) is 15.0 Å². The normalized spacial score (nSPS) is 13.1. The van der Waals surface area contributed by atoms with E-state index in [9.17, 15) is 4.79 Å². The molecule has 6 aromatic carbocycles. The van der Waals surface area contributed by atoms with Crippen LogP contribution >= 0.6 is 0 Å². The SMILES string of the molecule is CC1(C)c2ccccc2C(=O)c2cc(-c3ccccc3-c3ccccc3-c3nc(-c4ccccc4)nc(-c4ccccc4)n3)ccc21. The van der Waals surface area contributed by atoms with Gasteiger partial charge in [0.15, 0.2) is 23.3 Å². The van der Waals surface area contributed by atoms with Crippen LogP contribution in [0.25, 0.3) is 56.4 Å². The van der Waals surface area contributed by atoms with Crippen LogP contribution in [-0.4, -0.2) is 20.7 Å². The Bertz CT molecular complexity index is 2230. The summed E-state index contributed by atoms with van der Waals surface area (Å²) in [5, 5.41) is 0. The maximum absolute atomic E-state index is 13.8. The molecule has 0 amide bonds. The molecule has 7 aromatic rings. The van der Waals surface area contributed by atoms with Crippen LogP contribution in [-0.2, 0) is 5.41 Å². The molecule has 47 heavy (non-hydrogen) atoms. The molecule has 4 nitrogen and oxygen atoms in total. The number of hydrogen-bond acceptors (Lipinski definition) is 4. The summed E-state index contributed by atoms with van der Waals surface area (Å²) in [5.41, 5.74) is 10.2. The molecule has 0 bridgehead atoms. The summed E-state index contributed by atoms with van der Waals surface area (Å²) in [5.74, 6) is 1.91. The van der Waals surface area contributed by atoms with E-state index in [2.05, 4.69) is 68.4 Å². The lowest BCUT2D eigenvalue weighted by atomic mass is 9.68. The topological polar surface area (TPSA) is 55.7 Å². The van der Waals surface area contributed by atoms with E-state index in [1.165, 1.54) is 0 Å². The Morgan fingerprint density at radius 3 is 1.45 bits per heavy atom. The van der Waals surface area contributed by atoms with Crippen LogP contribution in [0.2, 0.25) is 0 Å². The van der Waals surface area contributed by atoms with Crippen molar-refractivity contribution in [2.45, 2.75) is 19.3 Å². The lowest BCUT2D eigenvalue weighted by Gasteiger charge is -2.34. The smallest absolute Gasteiger partial charge is 0.193 e. The Balaban J connectivity index is 1.29. The van der Waals surface area contributed by atoms with E-state index >= 15 is 0 Å². The third-order valence-corrected chi connectivity index (χ3v) is 9.18. The molecule has 8 rings (SSSR count). The van der Waals surface area contributed by atoms with Gasteiger partial charge in [-0.2, -0.15) is 0 Å². The predicted molar refractivity (Wildman–Crippen MR) is 189 cm³/mol. The Kier molecular flexibility index (Phi) is 6.92. The predicted octanol–water partition coefficient (Wildman–Crippen LogP) is 10.1. The highest BCUT2D eigenvalue weighted by atomic mass is 16.1. The number of benzene rings is 6. The molecule has 4 heteroatoms. The highest BCUT2D eigenvalue weighted by molar-refractivity contribution is 6.14. The minimum Gasteiger partial charge on any atom is -0.289 e. The summed E-state index contributed by atoms with van der Waals surface area (Å²) in [6.45, 7) is 4.40. The van der Waals surface area contributed by atoms with E-state index in [4.69, 9.17) is 15.0 Å². The first kappa shape index (κ1) is 28.5. The maximum Gasteiger partial charge on any atom is 0.193 e. The summed E-state index contributed by atoms with van der Waals surface area (Å²) < 4.78 is 0. The molecule has 1 aliphatic rings. The van der Waals surface area contributed by atoms with Crippen molar-refractivity contribution in [2.75, 3.05) is 0 Å². The number of nitrogens with zero attached hydrogens (tertiary/aromatic N) is 3. The third kappa shape index (κ3) is 4.95. The Morgan fingerprint density at radius 2 is 0.830 bits per heavy atom. The standard InChI is InChI=1S/C43H31N3O/c1-43(2)37-24-14-13-23-35(37)39(47)36-27-30(25-26-38(36)43)31-19-9-10-20-32(31)33-21-11-12-22-34(33)42-45-40(28-15-5-3-6-16-28)44-41(46-42)29-17-7-4-8-18-29/h3-27H,1-2H3. The van der Waals surface area contributed by atoms with Gasteiger partial charge in [-0.3, -0.25) is 4.79 Å². The van der Waals surface area contributed by atoms with Gasteiger partial charge in [-0.05, 0) is 39.4 Å². The van der Waals surface area contributed by atoms with Crippen molar-refractivity contribution in [3.8, 4) is 56.4 Å². The number of ketones is 1. The fraction of sp³-hybridized carbons (Fsp3) is 0.0698. The fourth-order valence-electron chi connectivity index (χ4n) is 6.77. The van der Waals surface area contributed by atoms with Gasteiger partial charge in [0, 0.05) is 33.2 Å². The molecule has 0 saturated carbocycles. The molecule has 0 atom stereocenters. The number of carbonyl (C=O) groups is 1. The van der Waals surface area contributed by atoms with Crippen molar-refractivity contribution in [3.05, 3.63) is 174 Å². The lowest BCUT2D eigenvalue weighted by Crippen LogP contribution is -2.30. The zero-order chi connectivity index (χ0) is 32.0. The number of hydrogen-bond donors (Lipinski definition) is 0. The van der Waals surface area contributed by atoms with Gasteiger partial charge < -0.3 is 0 Å². The average molecular weight is 606 g/mol. The van der Waals surface area contributed by atoms with Crippen molar-refractivity contribution in [1.29, 1.82) is 0 Å². The monoisotopic (exact) mass is 605 g/mol. The van der Waals surface area contributed by atoms with E-state index in [1.54, 1.807) is 0 Å². The van der Waals surface area contributed by atoms with Crippen LogP contribution in [0.5, 0.6) is 0 Å². The highest BCUT2D eigenvalue weighted by Crippen LogP contribution is 2.44. The van der Waals surface area contributed by atoms with Crippen molar-refractivity contribution >= 4 is 5.78 Å². The molecule has 0 saturated heterocycles. The molecule has 0 radical (unpaired) electrons. The first-order valence-corrected chi connectivity index (χ1v) is 15.8. The van der Waals surface area contributed by atoms with E-state index in [0.29, 0.717) is 17.5 Å². The molecule has 0 aliphatic heterocycles. The summed E-state index contributed by atoms with van der Waals surface area (Å²) in [6, 6.07) is 51.0. The molecule has 224 valence electrons. The molecule has 1 aromatic heterocycles. The zero-order valence-electron chi connectivity index (χ0n) is 26.2. The Labute approximate surface area is 274 Å². The highest BCUT2D eigenvalue weighted by Gasteiger charge is 2.36. The van der Waals surface area contributed by atoms with Gasteiger partial charge in [0.25, 0.3) is 0 Å². The van der Waals surface area contributed by atoms with E-state index < -0.39 is 0 Å². The zero-order valence-corrected chi connectivity index (χ0v) is 26.2. The summed E-state index contributed by atoms with van der Waals surface area (Å²) in [6.07, 6.45) is 0. The molecule has 0 N–H and O–H groups in total. The molecule has 0 unspecified atom stereocenters. The summed E-state index contributed by atoms with van der Waals surface area (Å²) in [7, 11) is 0. The van der Waals surface area contributed by atoms with Crippen molar-refractivity contribution in [3.63, 3.8) is 0 Å². The molecular formula is C43H31N3O. The van der Waals surface area contributed by atoms with Gasteiger partial charge in [-0.15, -0.1) is 0 Å². The van der Waals surface area contributed by atoms with Gasteiger partial charge in [0.1, 0.15) is 0 Å². The number of rotatable bonds is 5. The number of aromatic nitrogens is 3. The second-order valence-electron chi connectivity index (χ2n) is 12.4. The van der Waals surface area contributed by atoms with E-state index in [0.717, 1.165) is 61.2 Å². The Morgan fingerprint density at radius 1 is 0.383 bits per heavy atom. The third-order valence-electron chi connectivity index (χ3n) is 9.18. The van der Waals surface area contributed by atoms with Crippen LogP contribution in [0.4, 0.5) is 0 Å². The molecule has 0 fully saturated rings. The quantitative estimate of drug-likeness (QED) is 0.196. The molecule has 1 aliphatic carbocycles. The van der Waals surface area contributed by atoms with Gasteiger partial charge in [-0.1, -0.05) is 159 Å². The van der Waals surface area contributed by atoms with Crippen molar-refractivity contribution < 1.29 is 4.79 Å². The molecule has 0 spiro atoms. The van der Waals surface area contributed by atoms with Crippen LogP contribution in [0.1, 0.15) is 40.9 Å². The fourth-order valence-corrected chi connectivity index (χ4v) is 6.77. The maximum atomic E-state index is 13.8. The van der Waals surface area contributed by atoms with Crippen LogP contribution < -0.4 is 0 Å². The summed E-state index contributed by atoms with van der Waals surface area (Å²) in [4.78, 5) is 28.8. The lowest BCUT2D eigenvalue weighted by molar-refractivity contribution is 0.103. The van der Waals surface area contributed by atoms with Crippen LogP contribution in [0.15, 0.2) is 152 Å². The molecular weight excluding hydrogens is 574 g/mol. The van der Waals surface area contributed by atoms with E-state index in [-0.39, 0.29) is 11.2 Å². The van der Waals surface area contributed by atoms with Gasteiger partial charge >= 0.3 is 0 Å². The average Bonchev–Trinajstić information content (AvgIpc) is 3.14. The van der Waals surface area contributed by atoms with Crippen LogP contribution in [0, 0.1) is 0 Å². The molecule has 1 heterocycles. The minimum atomic E-state index is -0.282. The number of carbonyl (C=O) groups excluding carboxylic acids is 1. The van der Waals surface area contributed by atoms with Gasteiger partial charge in [0.05, 0.1) is 0 Å². The first-order chi connectivity index (χ1) is 23.0. The van der Waals surface area contributed by atoms with Gasteiger partial charge in [-0.25, -0.2) is 15.0 Å². The second kappa shape index (κ2) is 11.4. The first-order valence-electron chi connectivity index (χ1n) is 15.8. The largest absolute Gasteiger partial charge is 0.289 e. The van der Waals surface area contributed by atoms with Crippen molar-refractivity contribution in [2.24, 2.45) is 0 Å².